The van der Waals surface area contributed by atoms with Crippen molar-refractivity contribution in [1.82, 2.24) is 15.5 Å². The van der Waals surface area contributed by atoms with Gasteiger partial charge in [-0.1, -0.05) is 51.6 Å². The summed E-state index contributed by atoms with van der Waals surface area (Å²) in [5.74, 6) is -0.779. The van der Waals surface area contributed by atoms with Gasteiger partial charge in [0, 0.05) is 5.92 Å². The number of aromatic nitrogens is 2. The molecule has 30 heavy (non-hydrogen) atoms. The van der Waals surface area contributed by atoms with Crippen LogP contribution in [0, 0.1) is 10.8 Å². The van der Waals surface area contributed by atoms with Crippen molar-refractivity contribution >= 4 is 11.9 Å². The summed E-state index contributed by atoms with van der Waals surface area (Å²) in [6, 6.07) is 0. The molecule has 2 N–H and O–H groups in total. The molecule has 0 aromatic carbocycles. The number of carbonyl (C=O) groups is 2. The van der Waals surface area contributed by atoms with Crippen LogP contribution in [0.2, 0.25) is 0 Å². The lowest BCUT2D eigenvalue weighted by molar-refractivity contribution is -0.139. The van der Waals surface area contributed by atoms with Crippen LogP contribution in [-0.4, -0.2) is 40.8 Å². The summed E-state index contributed by atoms with van der Waals surface area (Å²) in [5.41, 5.74) is 0.551. The van der Waals surface area contributed by atoms with Crippen LogP contribution in [0.3, 0.4) is 0 Å². The van der Waals surface area contributed by atoms with E-state index in [2.05, 4.69) is 41.0 Å². The second-order valence-corrected chi connectivity index (χ2v) is 9.51. The van der Waals surface area contributed by atoms with Gasteiger partial charge in [0.2, 0.25) is 5.89 Å². The van der Waals surface area contributed by atoms with Gasteiger partial charge in [-0.3, -0.25) is 14.9 Å². The highest BCUT2D eigenvalue weighted by Crippen LogP contribution is 2.53. The predicted molar refractivity (Wildman–Crippen MR) is 112 cm³/mol. The smallest absolute Gasteiger partial charge is 0.319 e. The van der Waals surface area contributed by atoms with Crippen molar-refractivity contribution in [1.29, 1.82) is 0 Å². The number of carboxylic acid groups (broad SMARTS) is 1. The first kappa shape index (κ1) is 24.3. The SMILES string of the molecule is COC(=O)CNCc1noc([C@H](CCCC2(C(C)(C)C)CCCCC2)CC(=O)O)n1. The number of aliphatic carboxylic acids is 1. The first-order valence-electron chi connectivity index (χ1n) is 11.0. The van der Waals surface area contributed by atoms with E-state index < -0.39 is 5.97 Å². The summed E-state index contributed by atoms with van der Waals surface area (Å²) in [6.45, 7) is 7.30. The van der Waals surface area contributed by atoms with Gasteiger partial charge in [-0.05, 0) is 36.5 Å². The van der Waals surface area contributed by atoms with Crippen LogP contribution in [-0.2, 0) is 20.9 Å². The molecule has 1 saturated carbocycles. The molecule has 1 fully saturated rings. The topological polar surface area (TPSA) is 115 Å². The molecule has 1 aliphatic rings. The zero-order valence-electron chi connectivity index (χ0n) is 18.8. The zero-order chi connectivity index (χ0) is 22.2. The maximum atomic E-state index is 11.4. The van der Waals surface area contributed by atoms with Crippen molar-refractivity contribution in [2.45, 2.75) is 91.0 Å². The molecule has 0 aliphatic heterocycles. The Morgan fingerprint density at radius 2 is 1.97 bits per heavy atom. The molecule has 1 atom stereocenters. The van der Waals surface area contributed by atoms with Gasteiger partial charge in [0.25, 0.3) is 0 Å². The van der Waals surface area contributed by atoms with E-state index in [1.165, 1.54) is 39.2 Å². The van der Waals surface area contributed by atoms with E-state index in [1.54, 1.807) is 0 Å². The normalized spacial score (nSPS) is 17.5. The van der Waals surface area contributed by atoms with Gasteiger partial charge in [0.05, 0.1) is 26.6 Å². The summed E-state index contributed by atoms with van der Waals surface area (Å²) in [4.78, 5) is 26.9. The van der Waals surface area contributed by atoms with E-state index >= 15 is 0 Å². The van der Waals surface area contributed by atoms with Crippen LogP contribution in [0.5, 0.6) is 0 Å². The maximum Gasteiger partial charge on any atom is 0.319 e. The van der Waals surface area contributed by atoms with Gasteiger partial charge in [0.1, 0.15) is 0 Å². The van der Waals surface area contributed by atoms with Gasteiger partial charge in [0.15, 0.2) is 5.82 Å². The summed E-state index contributed by atoms with van der Waals surface area (Å²) >= 11 is 0. The zero-order valence-corrected chi connectivity index (χ0v) is 18.8. The molecule has 2 rings (SSSR count). The number of nitrogens with one attached hydrogen (secondary N) is 1. The summed E-state index contributed by atoms with van der Waals surface area (Å²) < 4.78 is 9.94. The summed E-state index contributed by atoms with van der Waals surface area (Å²) in [6.07, 6.45) is 9.08. The van der Waals surface area contributed by atoms with Gasteiger partial charge in [-0.15, -0.1) is 0 Å². The number of carbonyl (C=O) groups excluding carboxylic acids is 1. The Kier molecular flexibility index (Phi) is 8.82. The molecule has 0 amide bonds. The van der Waals surface area contributed by atoms with Crippen molar-refractivity contribution in [3.63, 3.8) is 0 Å². The second kappa shape index (κ2) is 10.9. The Morgan fingerprint density at radius 3 is 2.57 bits per heavy atom. The highest BCUT2D eigenvalue weighted by atomic mass is 16.5. The third-order valence-corrected chi connectivity index (χ3v) is 6.64. The minimum absolute atomic E-state index is 0.0280. The third kappa shape index (κ3) is 6.79. The molecule has 1 aromatic rings. The molecule has 1 heterocycles. The third-order valence-electron chi connectivity index (χ3n) is 6.64. The molecule has 8 nitrogen and oxygen atoms in total. The van der Waals surface area contributed by atoms with E-state index in [1.807, 2.05) is 0 Å². The monoisotopic (exact) mass is 423 g/mol. The Balaban J connectivity index is 1.97. The van der Waals surface area contributed by atoms with Crippen molar-refractivity contribution in [2.75, 3.05) is 13.7 Å². The van der Waals surface area contributed by atoms with Crippen molar-refractivity contribution in [3.05, 3.63) is 11.7 Å². The number of carboxylic acids is 1. The molecule has 0 bridgehead atoms. The minimum atomic E-state index is -0.869. The van der Waals surface area contributed by atoms with E-state index in [0.717, 1.165) is 12.8 Å². The van der Waals surface area contributed by atoms with Crippen LogP contribution >= 0.6 is 0 Å². The first-order chi connectivity index (χ1) is 14.2. The highest BCUT2D eigenvalue weighted by Gasteiger charge is 2.41. The highest BCUT2D eigenvalue weighted by molar-refractivity contribution is 5.71. The van der Waals surface area contributed by atoms with E-state index in [0.29, 0.717) is 23.6 Å². The molecule has 1 aromatic heterocycles. The fourth-order valence-electron chi connectivity index (χ4n) is 4.67. The lowest BCUT2D eigenvalue weighted by Gasteiger charge is -2.48. The Hall–Kier alpha value is -1.96. The molecule has 1 aliphatic carbocycles. The van der Waals surface area contributed by atoms with Gasteiger partial charge in [-0.25, -0.2) is 0 Å². The molecule has 8 heteroatoms. The fourth-order valence-corrected chi connectivity index (χ4v) is 4.67. The van der Waals surface area contributed by atoms with Crippen LogP contribution in [0.25, 0.3) is 0 Å². The van der Waals surface area contributed by atoms with Crippen molar-refractivity contribution < 1.29 is 24.0 Å². The number of esters is 1. The lowest BCUT2D eigenvalue weighted by Crippen LogP contribution is -2.37. The number of hydrogen-bond acceptors (Lipinski definition) is 7. The maximum absolute atomic E-state index is 11.4. The van der Waals surface area contributed by atoms with Gasteiger partial charge < -0.3 is 14.4 Å². The number of methoxy groups -OCH3 is 1. The number of nitrogens with zero attached hydrogens (tertiary/aromatic N) is 2. The number of hydrogen-bond donors (Lipinski definition) is 2. The Morgan fingerprint density at radius 1 is 1.27 bits per heavy atom. The molecular weight excluding hydrogens is 386 g/mol. The van der Waals surface area contributed by atoms with Crippen LogP contribution in [0.15, 0.2) is 4.52 Å². The van der Waals surface area contributed by atoms with Crippen LogP contribution < -0.4 is 5.32 Å². The fraction of sp³-hybridized carbons (Fsp3) is 0.818. The first-order valence-corrected chi connectivity index (χ1v) is 11.0. The van der Waals surface area contributed by atoms with E-state index in [9.17, 15) is 14.7 Å². The number of ether oxygens (including phenoxy) is 1. The standard InChI is InChI=1S/C22H37N3O5/c1-21(2,3)22(10-6-5-7-11-22)12-8-9-16(13-18(26)27)20-24-17(25-30-20)14-23-15-19(28)29-4/h16,23H,5-15H2,1-4H3,(H,26,27)/t16-/m1/s1. The molecule has 0 saturated heterocycles. The van der Waals surface area contributed by atoms with E-state index in [-0.39, 0.29) is 36.8 Å². The Bertz CT molecular complexity index is 689. The summed E-state index contributed by atoms with van der Waals surface area (Å²) in [7, 11) is 1.32. The largest absolute Gasteiger partial charge is 0.481 e. The lowest BCUT2D eigenvalue weighted by atomic mass is 9.57. The average Bonchev–Trinajstić information content (AvgIpc) is 3.15. The predicted octanol–water partition coefficient (Wildman–Crippen LogP) is 4.06. The quantitative estimate of drug-likeness (QED) is 0.512. The second-order valence-electron chi connectivity index (χ2n) is 9.51. The molecule has 170 valence electrons. The van der Waals surface area contributed by atoms with Crippen molar-refractivity contribution in [2.24, 2.45) is 10.8 Å². The Labute approximate surface area is 179 Å². The summed E-state index contributed by atoms with van der Waals surface area (Å²) in [5, 5.41) is 16.2. The number of rotatable bonds is 11. The molecule has 0 spiro atoms. The van der Waals surface area contributed by atoms with Crippen LogP contribution in [0.1, 0.15) is 96.2 Å². The van der Waals surface area contributed by atoms with Crippen LogP contribution in [0.4, 0.5) is 0 Å². The molecule has 0 unspecified atom stereocenters. The average molecular weight is 424 g/mol. The van der Waals surface area contributed by atoms with Gasteiger partial charge >= 0.3 is 11.9 Å². The van der Waals surface area contributed by atoms with Gasteiger partial charge in [-0.2, -0.15) is 4.98 Å². The molecule has 0 radical (unpaired) electrons. The minimum Gasteiger partial charge on any atom is -0.481 e. The van der Waals surface area contributed by atoms with Crippen molar-refractivity contribution in [3.8, 4) is 0 Å². The van der Waals surface area contributed by atoms with E-state index in [4.69, 9.17) is 4.52 Å². The molecular formula is C22H37N3O5.